The van der Waals surface area contributed by atoms with Crippen molar-refractivity contribution in [3.8, 4) is 11.5 Å². The van der Waals surface area contributed by atoms with E-state index in [1.165, 1.54) is 0 Å². The van der Waals surface area contributed by atoms with Crippen molar-refractivity contribution in [3.63, 3.8) is 0 Å². The van der Waals surface area contributed by atoms with Crippen LogP contribution in [-0.2, 0) is 0 Å². The van der Waals surface area contributed by atoms with Crippen LogP contribution in [0.2, 0.25) is 5.02 Å². The summed E-state index contributed by atoms with van der Waals surface area (Å²) in [5.74, 6) is 2.11. The lowest BCUT2D eigenvalue weighted by Crippen LogP contribution is -1.95. The summed E-state index contributed by atoms with van der Waals surface area (Å²) in [5.41, 5.74) is 1.71. The monoisotopic (exact) mass is 481 g/mol. The molecule has 0 bridgehead atoms. The highest BCUT2D eigenvalue weighted by Gasteiger charge is 2.11. The van der Waals surface area contributed by atoms with Crippen LogP contribution in [0.5, 0.6) is 11.5 Å². The summed E-state index contributed by atoms with van der Waals surface area (Å²) in [6.07, 6.45) is 1.55. The molecule has 5 aromatic rings. The smallest absolute Gasteiger partial charge is 0.151 e. The minimum Gasteiger partial charge on any atom is -0.455 e. The Labute approximate surface area is 184 Å². The van der Waals surface area contributed by atoms with E-state index in [1.807, 2.05) is 54.6 Å². The van der Waals surface area contributed by atoms with Gasteiger partial charge in [0.05, 0.1) is 19.0 Å². The number of rotatable bonds is 4. The van der Waals surface area contributed by atoms with Crippen molar-refractivity contribution in [2.45, 2.75) is 0 Å². The van der Waals surface area contributed by atoms with Gasteiger partial charge < -0.3 is 10.1 Å². The zero-order valence-corrected chi connectivity index (χ0v) is 18.1. The zero-order valence-electron chi connectivity index (χ0n) is 14.9. The molecular formula is C22H13BrClN3OS. The topological polar surface area (TPSA) is 47.0 Å². The molecule has 0 aliphatic heterocycles. The van der Waals surface area contributed by atoms with Crippen LogP contribution >= 0.6 is 38.9 Å². The first-order valence-corrected chi connectivity index (χ1v) is 10.8. The molecule has 0 spiro atoms. The highest BCUT2D eigenvalue weighted by atomic mass is 79.9. The molecule has 2 aromatic heterocycles. The van der Waals surface area contributed by atoms with Crippen LogP contribution < -0.4 is 10.1 Å². The molecule has 1 N–H and O–H groups in total. The average molecular weight is 483 g/mol. The van der Waals surface area contributed by atoms with E-state index in [9.17, 15) is 0 Å². The van der Waals surface area contributed by atoms with E-state index < -0.39 is 0 Å². The maximum absolute atomic E-state index is 6.52. The minimum absolute atomic E-state index is 0.514. The summed E-state index contributed by atoms with van der Waals surface area (Å²) < 4.78 is 8.10. The summed E-state index contributed by atoms with van der Waals surface area (Å²) in [4.78, 5) is 8.65. The van der Waals surface area contributed by atoms with E-state index in [0.717, 1.165) is 42.0 Å². The fourth-order valence-electron chi connectivity index (χ4n) is 3.12. The summed E-state index contributed by atoms with van der Waals surface area (Å²) in [6, 6.07) is 21.7. The first kappa shape index (κ1) is 18.4. The lowest BCUT2D eigenvalue weighted by Gasteiger charge is -2.12. The van der Waals surface area contributed by atoms with Crippen molar-refractivity contribution in [1.29, 1.82) is 0 Å². The molecular weight excluding hydrogens is 470 g/mol. The molecule has 4 nitrogen and oxygen atoms in total. The van der Waals surface area contributed by atoms with Gasteiger partial charge in [0.15, 0.2) is 5.82 Å². The highest BCUT2D eigenvalue weighted by Crippen LogP contribution is 2.37. The van der Waals surface area contributed by atoms with Gasteiger partial charge in [0.25, 0.3) is 0 Å². The maximum atomic E-state index is 6.52. The van der Waals surface area contributed by atoms with E-state index in [2.05, 4.69) is 43.3 Å². The number of ether oxygens (including phenoxy) is 1. The van der Waals surface area contributed by atoms with Crippen molar-refractivity contribution in [2.75, 3.05) is 5.32 Å². The molecule has 142 valence electrons. The number of aromatic nitrogens is 2. The van der Waals surface area contributed by atoms with Crippen molar-refractivity contribution in [1.82, 2.24) is 9.97 Å². The van der Waals surface area contributed by atoms with Crippen LogP contribution in [0.3, 0.4) is 0 Å². The molecule has 5 rings (SSSR count). The Hall–Kier alpha value is -2.67. The number of nitrogens with zero attached hydrogens (tertiary/aromatic N) is 2. The Morgan fingerprint density at radius 3 is 2.69 bits per heavy atom. The van der Waals surface area contributed by atoms with E-state index >= 15 is 0 Å². The fraction of sp³-hybridized carbons (Fsp3) is 0. The Kier molecular flexibility index (Phi) is 4.83. The minimum atomic E-state index is 0.514. The third-order valence-electron chi connectivity index (χ3n) is 4.45. The molecule has 0 amide bonds. The van der Waals surface area contributed by atoms with Gasteiger partial charge in [-0.2, -0.15) is 0 Å². The number of nitrogens with one attached hydrogen (secondary N) is 1. The number of halogens is 2. The second-order valence-electron chi connectivity index (χ2n) is 6.34. The molecule has 0 unspecified atom stereocenters. The quantitative estimate of drug-likeness (QED) is 0.284. The second kappa shape index (κ2) is 7.63. The SMILES string of the molecule is Clc1cc(Nc2ncnc3cc(Br)sc23)ccc1Oc1cccc2ccccc12. The predicted molar refractivity (Wildman–Crippen MR) is 124 cm³/mol. The third kappa shape index (κ3) is 3.67. The van der Waals surface area contributed by atoms with E-state index in [0.29, 0.717) is 10.8 Å². The molecule has 29 heavy (non-hydrogen) atoms. The largest absolute Gasteiger partial charge is 0.455 e. The van der Waals surface area contributed by atoms with Crippen LogP contribution in [0, 0.1) is 0 Å². The molecule has 0 atom stereocenters. The summed E-state index contributed by atoms with van der Waals surface area (Å²) in [6.45, 7) is 0. The molecule has 0 saturated carbocycles. The van der Waals surface area contributed by atoms with E-state index in [1.54, 1.807) is 17.7 Å². The second-order valence-corrected chi connectivity index (χ2v) is 9.18. The molecule has 0 saturated heterocycles. The van der Waals surface area contributed by atoms with Gasteiger partial charge in [-0.05, 0) is 51.6 Å². The number of benzene rings is 3. The van der Waals surface area contributed by atoms with Crippen molar-refractivity contribution in [3.05, 3.63) is 81.9 Å². The van der Waals surface area contributed by atoms with E-state index in [-0.39, 0.29) is 0 Å². The van der Waals surface area contributed by atoms with Gasteiger partial charge in [-0.1, -0.05) is 48.0 Å². The molecule has 0 aliphatic rings. The van der Waals surface area contributed by atoms with Crippen molar-refractivity contribution in [2.24, 2.45) is 0 Å². The maximum Gasteiger partial charge on any atom is 0.151 e. The number of thiophene rings is 1. The Morgan fingerprint density at radius 2 is 1.79 bits per heavy atom. The predicted octanol–water partition coefficient (Wildman–Crippen LogP) is 7.80. The lowest BCUT2D eigenvalue weighted by atomic mass is 10.1. The molecule has 3 aromatic carbocycles. The molecule has 0 radical (unpaired) electrons. The van der Waals surface area contributed by atoms with Crippen molar-refractivity contribution < 1.29 is 4.74 Å². The summed E-state index contributed by atoms with van der Waals surface area (Å²) >= 11 is 11.6. The average Bonchev–Trinajstić information content (AvgIpc) is 3.11. The number of hydrogen-bond acceptors (Lipinski definition) is 5. The van der Waals surface area contributed by atoms with Gasteiger partial charge in [0.1, 0.15) is 17.8 Å². The zero-order chi connectivity index (χ0) is 19.8. The van der Waals surface area contributed by atoms with E-state index in [4.69, 9.17) is 16.3 Å². The summed E-state index contributed by atoms with van der Waals surface area (Å²) in [5, 5.41) is 6.00. The normalized spacial score (nSPS) is 11.1. The van der Waals surface area contributed by atoms with Gasteiger partial charge in [-0.15, -0.1) is 11.3 Å². The Morgan fingerprint density at radius 1 is 0.931 bits per heavy atom. The molecule has 7 heteroatoms. The van der Waals surface area contributed by atoms with Gasteiger partial charge in [-0.3, -0.25) is 0 Å². The number of hydrogen-bond donors (Lipinski definition) is 1. The van der Waals surface area contributed by atoms with Crippen LogP contribution in [0.25, 0.3) is 21.0 Å². The number of fused-ring (bicyclic) bond motifs is 2. The molecule has 2 heterocycles. The van der Waals surface area contributed by atoms with Gasteiger partial charge in [-0.25, -0.2) is 9.97 Å². The lowest BCUT2D eigenvalue weighted by molar-refractivity contribution is 0.488. The van der Waals surface area contributed by atoms with Crippen LogP contribution in [0.4, 0.5) is 11.5 Å². The molecule has 0 aliphatic carbocycles. The third-order valence-corrected chi connectivity index (χ3v) is 6.37. The van der Waals surface area contributed by atoms with Crippen LogP contribution in [0.1, 0.15) is 0 Å². The van der Waals surface area contributed by atoms with Gasteiger partial charge in [0, 0.05) is 11.1 Å². The van der Waals surface area contributed by atoms with Crippen LogP contribution in [0.15, 0.2) is 76.8 Å². The van der Waals surface area contributed by atoms with Gasteiger partial charge >= 0.3 is 0 Å². The fourth-order valence-corrected chi connectivity index (χ4v) is 4.82. The Balaban J connectivity index is 1.44. The first-order valence-electron chi connectivity index (χ1n) is 8.79. The summed E-state index contributed by atoms with van der Waals surface area (Å²) in [7, 11) is 0. The standard InChI is InChI=1S/C22H13BrClN3OS/c23-20-11-17-21(29-20)22(26-12-25-17)27-14-8-9-19(16(24)10-14)28-18-7-3-5-13-4-1-2-6-15(13)18/h1-12H,(H,25,26,27). The van der Waals surface area contributed by atoms with Crippen LogP contribution in [-0.4, -0.2) is 9.97 Å². The van der Waals surface area contributed by atoms with Crippen molar-refractivity contribution >= 4 is 71.4 Å². The Bertz CT molecular complexity index is 1350. The first-order chi connectivity index (χ1) is 14.2. The molecule has 0 fully saturated rings. The van der Waals surface area contributed by atoms with Gasteiger partial charge in [0.2, 0.25) is 0 Å². The number of anilines is 2. The highest BCUT2D eigenvalue weighted by molar-refractivity contribution is 9.11.